The summed E-state index contributed by atoms with van der Waals surface area (Å²) in [6, 6.07) is 8.89. The zero-order valence-electron chi connectivity index (χ0n) is 10.8. The summed E-state index contributed by atoms with van der Waals surface area (Å²) >= 11 is 0. The maximum absolute atomic E-state index is 6.41. The first-order valence-corrected chi connectivity index (χ1v) is 6.28. The topological polar surface area (TPSA) is 30.9 Å². The lowest BCUT2D eigenvalue weighted by Crippen LogP contribution is -2.43. The normalized spacial score (nSPS) is 18.6. The Morgan fingerprint density at radius 2 is 1.94 bits per heavy atom. The molecule has 2 heteroatoms. The minimum absolute atomic E-state index is 0.00579. The van der Waals surface area contributed by atoms with E-state index in [0.29, 0.717) is 0 Å². The van der Waals surface area contributed by atoms with Crippen molar-refractivity contribution in [3.8, 4) is 0 Å². The first kappa shape index (κ1) is 10.8. The first-order chi connectivity index (χ1) is 7.94. The summed E-state index contributed by atoms with van der Waals surface area (Å²) in [6.45, 7) is 4.54. The summed E-state index contributed by atoms with van der Waals surface area (Å²) in [5.41, 5.74) is 9.12. The maximum atomic E-state index is 6.41. The van der Waals surface area contributed by atoms with Gasteiger partial charge in [-0.3, -0.25) is 0 Å². The van der Waals surface area contributed by atoms with Crippen molar-refractivity contribution in [1.82, 2.24) is 4.57 Å². The summed E-state index contributed by atoms with van der Waals surface area (Å²) in [4.78, 5) is 0. The lowest BCUT2D eigenvalue weighted by molar-refractivity contribution is 0.391. The Bertz CT molecular complexity index is 574. The highest BCUT2D eigenvalue weighted by atomic mass is 14.9. The number of benzene rings is 1. The summed E-state index contributed by atoms with van der Waals surface area (Å²) in [5, 5.41) is 1.30. The second-order valence-corrected chi connectivity index (χ2v) is 5.98. The molecule has 90 valence electrons. The number of nitrogens with two attached hydrogens (primary N) is 1. The van der Waals surface area contributed by atoms with Crippen molar-refractivity contribution >= 4 is 10.9 Å². The molecule has 0 saturated heterocycles. The van der Waals surface area contributed by atoms with Crippen LogP contribution in [0.4, 0.5) is 0 Å². The zero-order chi connectivity index (χ0) is 12.3. The number of nitrogens with zero attached hydrogens (tertiary/aromatic N) is 1. The van der Waals surface area contributed by atoms with Crippen LogP contribution in [-0.2, 0) is 12.5 Å². The lowest BCUT2D eigenvalue weighted by atomic mass is 9.76. The highest BCUT2D eigenvalue weighted by molar-refractivity contribution is 5.81. The van der Waals surface area contributed by atoms with E-state index in [1.165, 1.54) is 16.5 Å². The van der Waals surface area contributed by atoms with Gasteiger partial charge < -0.3 is 10.3 Å². The van der Waals surface area contributed by atoms with Gasteiger partial charge in [-0.15, -0.1) is 0 Å². The van der Waals surface area contributed by atoms with Crippen molar-refractivity contribution in [2.24, 2.45) is 12.8 Å². The van der Waals surface area contributed by atoms with Crippen LogP contribution < -0.4 is 5.73 Å². The number of rotatable bonds is 2. The first-order valence-electron chi connectivity index (χ1n) is 6.28. The second kappa shape index (κ2) is 3.14. The third-order valence-electron chi connectivity index (χ3n) is 4.64. The molecule has 0 bridgehead atoms. The Balaban J connectivity index is 2.14. The predicted molar refractivity (Wildman–Crippen MR) is 72.1 cm³/mol. The van der Waals surface area contributed by atoms with Gasteiger partial charge in [0.2, 0.25) is 0 Å². The van der Waals surface area contributed by atoms with Gasteiger partial charge >= 0.3 is 0 Å². The zero-order valence-corrected chi connectivity index (χ0v) is 10.8. The SMILES string of the molecule is Cn1ccc2ccc(C(C)(C)C3(N)CC3)cc21. The number of aromatic nitrogens is 1. The molecule has 2 nitrogen and oxygen atoms in total. The number of aryl methyl sites for hydroxylation is 1. The minimum atomic E-state index is 0.00579. The van der Waals surface area contributed by atoms with E-state index in [1.807, 2.05) is 0 Å². The molecule has 0 atom stereocenters. The summed E-state index contributed by atoms with van der Waals surface area (Å²) in [6.07, 6.45) is 4.40. The van der Waals surface area contributed by atoms with Gasteiger partial charge in [0.25, 0.3) is 0 Å². The molecule has 1 aliphatic rings. The van der Waals surface area contributed by atoms with Crippen LogP contribution in [0, 0.1) is 0 Å². The Morgan fingerprint density at radius 1 is 1.24 bits per heavy atom. The van der Waals surface area contributed by atoms with Crippen molar-refractivity contribution in [2.45, 2.75) is 37.6 Å². The van der Waals surface area contributed by atoms with E-state index in [1.54, 1.807) is 0 Å². The van der Waals surface area contributed by atoms with Gasteiger partial charge in [0.05, 0.1) is 0 Å². The molecule has 2 N–H and O–H groups in total. The summed E-state index contributed by atoms with van der Waals surface area (Å²) < 4.78 is 2.17. The molecular weight excluding hydrogens is 208 g/mol. The molecule has 0 unspecified atom stereocenters. The average molecular weight is 228 g/mol. The molecule has 1 saturated carbocycles. The van der Waals surface area contributed by atoms with Gasteiger partial charge in [0.15, 0.2) is 0 Å². The van der Waals surface area contributed by atoms with E-state index >= 15 is 0 Å². The average Bonchev–Trinajstić information content (AvgIpc) is 2.96. The molecule has 0 amide bonds. The molecule has 1 aliphatic carbocycles. The maximum Gasteiger partial charge on any atom is 0.0480 e. The molecule has 1 aromatic carbocycles. The van der Waals surface area contributed by atoms with Gasteiger partial charge in [-0.05, 0) is 35.9 Å². The minimum Gasteiger partial charge on any atom is -0.351 e. The van der Waals surface area contributed by atoms with Crippen LogP contribution >= 0.6 is 0 Å². The summed E-state index contributed by atoms with van der Waals surface area (Å²) in [7, 11) is 2.09. The predicted octanol–water partition coefficient (Wildman–Crippen LogP) is 2.95. The van der Waals surface area contributed by atoms with Crippen LogP contribution in [0.5, 0.6) is 0 Å². The summed E-state index contributed by atoms with van der Waals surface area (Å²) in [5.74, 6) is 0. The van der Waals surface area contributed by atoms with Crippen molar-refractivity contribution in [3.05, 3.63) is 36.0 Å². The number of hydrogen-bond acceptors (Lipinski definition) is 1. The van der Waals surface area contributed by atoms with E-state index in [-0.39, 0.29) is 11.0 Å². The van der Waals surface area contributed by atoms with E-state index in [2.05, 4.69) is 55.9 Å². The largest absolute Gasteiger partial charge is 0.351 e. The Kier molecular flexibility index (Phi) is 2.00. The monoisotopic (exact) mass is 228 g/mol. The van der Waals surface area contributed by atoms with Crippen molar-refractivity contribution in [1.29, 1.82) is 0 Å². The van der Waals surface area contributed by atoms with Gasteiger partial charge in [0.1, 0.15) is 0 Å². The highest BCUT2D eigenvalue weighted by Gasteiger charge is 2.51. The molecule has 3 rings (SSSR count). The molecule has 0 spiro atoms. The molecule has 1 heterocycles. The van der Waals surface area contributed by atoms with E-state index in [4.69, 9.17) is 5.73 Å². The van der Waals surface area contributed by atoms with Crippen LogP contribution in [0.2, 0.25) is 0 Å². The Labute approximate surface area is 102 Å². The quantitative estimate of drug-likeness (QED) is 0.841. The van der Waals surface area contributed by atoms with Gasteiger partial charge in [0, 0.05) is 29.7 Å². The third kappa shape index (κ3) is 1.44. The van der Waals surface area contributed by atoms with Crippen molar-refractivity contribution in [3.63, 3.8) is 0 Å². The van der Waals surface area contributed by atoms with Crippen LogP contribution in [-0.4, -0.2) is 10.1 Å². The highest BCUT2D eigenvalue weighted by Crippen LogP contribution is 2.49. The van der Waals surface area contributed by atoms with Gasteiger partial charge in [-0.1, -0.05) is 26.0 Å². The fraction of sp³-hybridized carbons (Fsp3) is 0.467. The second-order valence-electron chi connectivity index (χ2n) is 5.98. The molecule has 17 heavy (non-hydrogen) atoms. The number of hydrogen-bond donors (Lipinski definition) is 1. The Morgan fingerprint density at radius 3 is 2.59 bits per heavy atom. The van der Waals surface area contributed by atoms with Crippen molar-refractivity contribution in [2.75, 3.05) is 0 Å². The van der Waals surface area contributed by atoms with Crippen molar-refractivity contribution < 1.29 is 0 Å². The standard InChI is InChI=1S/C15H20N2/c1-14(2,15(16)7-8-15)12-5-4-11-6-9-17(3)13(11)10-12/h4-6,9-10H,7-8,16H2,1-3H3. The van der Waals surface area contributed by atoms with Crippen LogP contribution in [0.1, 0.15) is 32.3 Å². The van der Waals surface area contributed by atoms with Crippen LogP contribution in [0.25, 0.3) is 10.9 Å². The fourth-order valence-electron chi connectivity index (χ4n) is 2.70. The van der Waals surface area contributed by atoms with Gasteiger partial charge in [-0.25, -0.2) is 0 Å². The smallest absolute Gasteiger partial charge is 0.0480 e. The molecular formula is C15H20N2. The van der Waals surface area contributed by atoms with Crippen LogP contribution in [0.15, 0.2) is 30.5 Å². The van der Waals surface area contributed by atoms with E-state index < -0.39 is 0 Å². The van der Waals surface area contributed by atoms with E-state index in [9.17, 15) is 0 Å². The van der Waals surface area contributed by atoms with Gasteiger partial charge in [-0.2, -0.15) is 0 Å². The Hall–Kier alpha value is -1.28. The molecule has 2 aromatic rings. The van der Waals surface area contributed by atoms with Crippen LogP contribution in [0.3, 0.4) is 0 Å². The molecule has 0 aliphatic heterocycles. The molecule has 1 fully saturated rings. The fourth-order valence-corrected chi connectivity index (χ4v) is 2.70. The molecule has 1 aromatic heterocycles. The lowest BCUT2D eigenvalue weighted by Gasteiger charge is -2.32. The molecule has 0 radical (unpaired) electrons. The number of fused-ring (bicyclic) bond motifs is 1. The van der Waals surface area contributed by atoms with E-state index in [0.717, 1.165) is 12.8 Å². The third-order valence-corrected chi connectivity index (χ3v) is 4.64.